The zero-order valence-corrected chi connectivity index (χ0v) is 20.7. The van der Waals surface area contributed by atoms with Gasteiger partial charge >= 0.3 is 0 Å². The molecule has 2 aromatic heterocycles. The Morgan fingerprint density at radius 2 is 1.92 bits per heavy atom. The van der Waals surface area contributed by atoms with Gasteiger partial charge in [0.2, 0.25) is 5.95 Å². The van der Waals surface area contributed by atoms with E-state index in [0.717, 1.165) is 26.5 Å². The van der Waals surface area contributed by atoms with E-state index < -0.39 is 24.2 Å². The van der Waals surface area contributed by atoms with Gasteiger partial charge in [0.25, 0.3) is 0 Å². The number of benzene rings is 2. The van der Waals surface area contributed by atoms with Crippen LogP contribution in [0.5, 0.6) is 0 Å². The van der Waals surface area contributed by atoms with Crippen molar-refractivity contribution in [2.75, 3.05) is 17.2 Å². The van der Waals surface area contributed by atoms with Crippen molar-refractivity contribution in [3.8, 4) is 10.6 Å². The second kappa shape index (κ2) is 10.1. The number of hydrogen-bond donors (Lipinski definition) is 5. The van der Waals surface area contributed by atoms with Crippen LogP contribution in [-0.4, -0.2) is 61.3 Å². The first kappa shape index (κ1) is 24.5. The molecule has 2 aliphatic rings. The molecule has 9 nitrogen and oxygen atoms in total. The van der Waals surface area contributed by atoms with Crippen molar-refractivity contribution in [1.82, 2.24) is 15.0 Å². The van der Waals surface area contributed by atoms with Crippen molar-refractivity contribution in [2.45, 2.75) is 31.2 Å². The summed E-state index contributed by atoms with van der Waals surface area (Å²) in [5.74, 6) is 0.485. The van der Waals surface area contributed by atoms with E-state index in [0.29, 0.717) is 30.3 Å². The zero-order valence-electron chi connectivity index (χ0n) is 19.1. The molecule has 6 rings (SSSR count). The van der Waals surface area contributed by atoms with Crippen molar-refractivity contribution in [2.24, 2.45) is 10.9 Å². The molecular weight excluding hydrogens is 500 g/mol. The van der Waals surface area contributed by atoms with Crippen LogP contribution in [0.4, 0.5) is 17.5 Å². The molecule has 0 bridgehead atoms. The first-order valence-corrected chi connectivity index (χ1v) is 12.3. The first-order chi connectivity index (χ1) is 17.1. The lowest BCUT2D eigenvalue weighted by Crippen LogP contribution is -2.35. The number of nitrogens with one attached hydrogen (secondary N) is 2. The summed E-state index contributed by atoms with van der Waals surface area (Å²) < 4.78 is 1.05. The number of rotatable bonds is 6. The van der Waals surface area contributed by atoms with Gasteiger partial charge in [-0.05, 0) is 41.8 Å². The number of fused-ring (bicyclic) bond motifs is 2. The quantitative estimate of drug-likeness (QED) is 0.259. The van der Waals surface area contributed by atoms with Gasteiger partial charge in [0.1, 0.15) is 16.9 Å². The predicted octanol–water partition coefficient (Wildman–Crippen LogP) is 3.37. The van der Waals surface area contributed by atoms with Gasteiger partial charge in [-0.2, -0.15) is 4.98 Å². The van der Waals surface area contributed by atoms with Crippen LogP contribution in [-0.2, 0) is 6.54 Å². The van der Waals surface area contributed by atoms with E-state index in [2.05, 4.69) is 20.6 Å². The highest BCUT2D eigenvalue weighted by atomic mass is 35.5. The Morgan fingerprint density at radius 1 is 1.06 bits per heavy atom. The number of aromatic nitrogens is 3. The molecule has 4 atom stereocenters. The Bertz CT molecular complexity index is 1400. The van der Waals surface area contributed by atoms with Crippen molar-refractivity contribution < 1.29 is 15.3 Å². The second-order valence-corrected chi connectivity index (χ2v) is 9.89. The summed E-state index contributed by atoms with van der Waals surface area (Å²) in [6, 6.07) is 13.4. The molecule has 11 heteroatoms. The molecule has 2 aromatic carbocycles. The summed E-state index contributed by atoms with van der Waals surface area (Å²) in [5.41, 5.74) is 4.67. The average Bonchev–Trinajstić information content (AvgIpc) is 3.58. The van der Waals surface area contributed by atoms with Crippen LogP contribution in [0.25, 0.3) is 20.8 Å². The van der Waals surface area contributed by atoms with Crippen molar-refractivity contribution >= 4 is 57.6 Å². The number of aliphatic hydroxyl groups excluding tert-OH is 3. The molecule has 5 N–H and O–H groups in total. The minimum absolute atomic E-state index is 0. The van der Waals surface area contributed by atoms with E-state index in [4.69, 9.17) is 9.97 Å². The maximum absolute atomic E-state index is 10.6. The largest absolute Gasteiger partial charge is 0.396 e. The predicted molar refractivity (Wildman–Crippen MR) is 144 cm³/mol. The Labute approximate surface area is 217 Å². The summed E-state index contributed by atoms with van der Waals surface area (Å²) in [5, 5.41) is 37.8. The van der Waals surface area contributed by atoms with Crippen LogP contribution in [0.1, 0.15) is 17.5 Å². The zero-order chi connectivity index (χ0) is 23.9. The van der Waals surface area contributed by atoms with Gasteiger partial charge in [0.15, 0.2) is 0 Å². The molecule has 36 heavy (non-hydrogen) atoms. The Kier molecular flexibility index (Phi) is 6.87. The first-order valence-electron chi connectivity index (χ1n) is 11.5. The summed E-state index contributed by atoms with van der Waals surface area (Å²) in [4.78, 5) is 18.3. The van der Waals surface area contributed by atoms with E-state index in [1.165, 1.54) is 16.9 Å². The van der Waals surface area contributed by atoms with E-state index in [9.17, 15) is 15.3 Å². The normalized spacial score (nSPS) is 22.4. The highest BCUT2D eigenvalue weighted by Crippen LogP contribution is 2.36. The lowest BCUT2D eigenvalue weighted by atomic mass is 10.1. The van der Waals surface area contributed by atoms with Crippen molar-refractivity contribution in [1.29, 1.82) is 0 Å². The summed E-state index contributed by atoms with van der Waals surface area (Å²) in [6.07, 6.45) is 1.95. The number of aliphatic hydroxyl groups is 3. The van der Waals surface area contributed by atoms with Crippen LogP contribution in [0.3, 0.4) is 0 Å². The summed E-state index contributed by atoms with van der Waals surface area (Å²) in [7, 11) is 0. The Balaban J connectivity index is 0.00000267. The van der Waals surface area contributed by atoms with Gasteiger partial charge < -0.3 is 26.0 Å². The van der Waals surface area contributed by atoms with Crippen LogP contribution < -0.4 is 10.6 Å². The molecule has 1 saturated carbocycles. The molecular formula is C25H25ClN6O3S. The lowest BCUT2D eigenvalue weighted by molar-refractivity contribution is 0.00446. The molecule has 1 aliphatic carbocycles. The smallest absolute Gasteiger partial charge is 0.229 e. The Morgan fingerprint density at radius 3 is 2.72 bits per heavy atom. The number of anilines is 3. The molecule has 4 aromatic rings. The number of para-hydroxylation sites is 1. The van der Waals surface area contributed by atoms with Crippen molar-refractivity contribution in [3.05, 3.63) is 59.8 Å². The molecule has 0 unspecified atom stereocenters. The molecule has 0 radical (unpaired) electrons. The monoisotopic (exact) mass is 524 g/mol. The summed E-state index contributed by atoms with van der Waals surface area (Å²) in [6.45, 7) is 0.501. The second-order valence-electron chi connectivity index (χ2n) is 8.86. The van der Waals surface area contributed by atoms with Crippen LogP contribution in [0, 0.1) is 5.92 Å². The highest BCUT2D eigenvalue weighted by Gasteiger charge is 2.41. The molecule has 186 valence electrons. The standard InChI is InChI=1S/C25H24N6O3S.ClH/c32-12-15-8-19(22(34)21(15)33)29-23-17(24-30-18-3-1-2-4-20(18)35-24)11-27-25(31-23)28-16-6-5-13-9-26-10-14(13)7-16;/h1-7,10-11,15,19,21-22,32-34H,8-9,12H2,(H2,27,28,29,31);1H/t15-,19-,21-,22+;/m1./s1. The van der Waals surface area contributed by atoms with Crippen LogP contribution in [0.15, 0.2) is 53.7 Å². The summed E-state index contributed by atoms with van der Waals surface area (Å²) >= 11 is 1.53. The molecule has 0 amide bonds. The number of aliphatic imine (C=N–C) groups is 1. The maximum Gasteiger partial charge on any atom is 0.229 e. The number of nitrogens with zero attached hydrogens (tertiary/aromatic N) is 4. The third-order valence-corrected chi connectivity index (χ3v) is 7.64. The fourth-order valence-electron chi connectivity index (χ4n) is 4.63. The highest BCUT2D eigenvalue weighted by molar-refractivity contribution is 7.21. The number of thiazole rings is 1. The van der Waals surface area contributed by atoms with Gasteiger partial charge in [-0.3, -0.25) is 4.99 Å². The fourth-order valence-corrected chi connectivity index (χ4v) is 5.61. The van der Waals surface area contributed by atoms with Crippen LogP contribution in [0.2, 0.25) is 0 Å². The number of hydrogen-bond acceptors (Lipinski definition) is 10. The van der Waals surface area contributed by atoms with Gasteiger partial charge in [0.05, 0.1) is 34.5 Å². The third kappa shape index (κ3) is 4.54. The fraction of sp³-hybridized carbons (Fsp3) is 0.280. The number of halogens is 1. The SMILES string of the molecule is Cl.OC[C@H]1C[C@@H](Nc2nc(Nc3ccc4c(c3)C=NC4)ncc2-c2nc3ccccc3s2)[C@H](O)[C@@H]1O. The Hall–Kier alpha value is -3.15. The molecule has 3 heterocycles. The topological polar surface area (TPSA) is 136 Å². The van der Waals surface area contributed by atoms with Gasteiger partial charge in [-0.15, -0.1) is 23.7 Å². The van der Waals surface area contributed by atoms with E-state index in [1.807, 2.05) is 48.7 Å². The van der Waals surface area contributed by atoms with E-state index >= 15 is 0 Å². The molecule has 1 aliphatic heterocycles. The molecule has 0 saturated heterocycles. The van der Waals surface area contributed by atoms with Crippen molar-refractivity contribution in [3.63, 3.8) is 0 Å². The van der Waals surface area contributed by atoms with Gasteiger partial charge in [0, 0.05) is 30.6 Å². The third-order valence-electron chi connectivity index (χ3n) is 6.57. The maximum atomic E-state index is 10.6. The van der Waals surface area contributed by atoms with Gasteiger partial charge in [-0.25, -0.2) is 9.97 Å². The minimum Gasteiger partial charge on any atom is -0.396 e. The van der Waals surface area contributed by atoms with E-state index in [1.54, 1.807) is 6.20 Å². The molecule has 0 spiro atoms. The minimum atomic E-state index is -1.03. The average molecular weight is 525 g/mol. The van der Waals surface area contributed by atoms with E-state index in [-0.39, 0.29) is 19.0 Å². The lowest BCUT2D eigenvalue weighted by Gasteiger charge is -2.20. The van der Waals surface area contributed by atoms with Crippen LogP contribution >= 0.6 is 23.7 Å². The van der Waals surface area contributed by atoms with Gasteiger partial charge in [-0.1, -0.05) is 18.2 Å². The molecule has 1 fully saturated rings.